The van der Waals surface area contributed by atoms with E-state index in [-0.39, 0.29) is 22.2 Å². The number of carbonyl (C=O) groups excluding carboxylic acids is 1. The third-order valence-corrected chi connectivity index (χ3v) is 2.03. The first-order valence-electron chi connectivity index (χ1n) is 3.77. The highest BCUT2D eigenvalue weighted by Crippen LogP contribution is 2.15. The van der Waals surface area contributed by atoms with Crippen molar-refractivity contribution in [3.8, 4) is 0 Å². The third-order valence-electron chi connectivity index (χ3n) is 1.24. The molecule has 1 amide bonds. The molecule has 0 atom stereocenters. The third kappa shape index (κ3) is 5.13. The minimum Gasteiger partial charge on any atom is -0.348 e. The smallest absolute Gasteiger partial charge is 0.225 e. The van der Waals surface area contributed by atoms with Crippen molar-refractivity contribution < 1.29 is 4.79 Å². The topological polar surface area (TPSA) is 29.1 Å². The van der Waals surface area contributed by atoms with Gasteiger partial charge in [0.25, 0.3) is 0 Å². The van der Waals surface area contributed by atoms with Crippen molar-refractivity contribution in [3.05, 3.63) is 0 Å². The number of nitrogens with one attached hydrogen (secondary N) is 1. The fraction of sp³-hybridized carbons (Fsp3) is 0.875. The average Bonchev–Trinajstić information content (AvgIpc) is 1.80. The molecule has 0 heterocycles. The predicted molar refractivity (Wildman–Crippen MR) is 53.3 cm³/mol. The van der Waals surface area contributed by atoms with Gasteiger partial charge < -0.3 is 5.32 Å². The van der Waals surface area contributed by atoms with E-state index < -0.39 is 0 Å². The van der Waals surface area contributed by atoms with Gasteiger partial charge in [0.05, 0.1) is 0 Å². The minimum atomic E-state index is -0.245. The van der Waals surface area contributed by atoms with Crippen LogP contribution in [0.1, 0.15) is 20.8 Å². The molecule has 0 spiro atoms. The van der Waals surface area contributed by atoms with E-state index in [0.717, 1.165) is 5.88 Å². The van der Waals surface area contributed by atoms with Crippen LogP contribution in [0.4, 0.5) is 0 Å². The Morgan fingerprint density at radius 3 is 2.09 bits per heavy atom. The van der Waals surface area contributed by atoms with Crippen LogP contribution in [0.15, 0.2) is 0 Å². The maximum Gasteiger partial charge on any atom is 0.225 e. The maximum absolute atomic E-state index is 11.3. The van der Waals surface area contributed by atoms with E-state index in [1.807, 2.05) is 20.8 Å². The van der Waals surface area contributed by atoms with Gasteiger partial charge in [0.15, 0.2) is 0 Å². The molecule has 0 saturated heterocycles. The number of hydrogen-bond donors (Lipinski definition) is 2. The van der Waals surface area contributed by atoms with Crippen LogP contribution in [0.5, 0.6) is 0 Å². The largest absolute Gasteiger partial charge is 0.348 e. The van der Waals surface area contributed by atoms with Gasteiger partial charge in [-0.15, -0.1) is 0 Å². The molecule has 68 valence electrons. The summed E-state index contributed by atoms with van der Waals surface area (Å²) in [6.07, 6.45) is 4.30. The van der Waals surface area contributed by atoms with Crippen molar-refractivity contribution >= 4 is 16.8 Å². The van der Waals surface area contributed by atoms with E-state index >= 15 is 0 Å². The Bertz CT molecular complexity index is 138. The van der Waals surface area contributed by atoms with Crippen LogP contribution in [0.2, 0.25) is 0 Å². The lowest BCUT2D eigenvalue weighted by molar-refractivity contribution is -0.128. The zero-order valence-corrected chi connectivity index (χ0v) is 8.96. The number of amides is 1. The monoisotopic (exact) mass is 177 g/mol. The molecule has 0 rings (SSSR count). The van der Waals surface area contributed by atoms with Gasteiger partial charge in [0.1, 0.15) is 0 Å². The molecule has 0 aromatic carbocycles. The Morgan fingerprint density at radius 1 is 1.36 bits per heavy atom. The maximum atomic E-state index is 11.3. The van der Waals surface area contributed by atoms with Crippen LogP contribution in [0.25, 0.3) is 0 Å². The highest BCUT2D eigenvalue weighted by Gasteiger charge is 2.20. The number of carbonyl (C=O) groups is 1. The molecule has 0 aliphatic carbocycles. The zero-order chi connectivity index (χ0) is 9.07. The van der Waals surface area contributed by atoms with E-state index in [1.165, 1.54) is 0 Å². The summed E-state index contributed by atoms with van der Waals surface area (Å²) in [6, 6.07) is 0. The molecule has 0 bridgehead atoms. The summed E-state index contributed by atoms with van der Waals surface area (Å²) in [5.74, 6) is 0.986. The van der Waals surface area contributed by atoms with Crippen LogP contribution in [-0.2, 0) is 4.79 Å². The van der Waals surface area contributed by atoms with Crippen molar-refractivity contribution in [1.82, 2.24) is 5.32 Å². The normalized spacial score (nSPS) is 12.6. The summed E-state index contributed by atoms with van der Waals surface area (Å²) in [6.45, 7) is 5.78. The second-order valence-corrected chi connectivity index (χ2v) is 6.47. The fourth-order valence-corrected chi connectivity index (χ4v) is 0.955. The van der Waals surface area contributed by atoms with Crippen molar-refractivity contribution in [2.45, 2.75) is 20.8 Å². The molecule has 1 N–H and O–H groups in total. The molecule has 0 aromatic rings. The lowest BCUT2D eigenvalue weighted by Crippen LogP contribution is -2.35. The molecule has 0 saturated carbocycles. The van der Waals surface area contributed by atoms with E-state index in [1.54, 1.807) is 0 Å². The van der Waals surface area contributed by atoms with E-state index in [2.05, 4.69) is 17.8 Å². The van der Waals surface area contributed by atoms with Crippen LogP contribution >= 0.6 is 10.9 Å². The van der Waals surface area contributed by atoms with E-state index in [0.29, 0.717) is 0 Å². The number of rotatable bonds is 2. The Kier molecular flexibility index (Phi) is 3.93. The van der Waals surface area contributed by atoms with Gasteiger partial charge in [0, 0.05) is 11.3 Å². The van der Waals surface area contributed by atoms with Crippen LogP contribution in [-0.4, -0.2) is 24.3 Å². The second kappa shape index (κ2) is 4.00. The molecule has 0 aliphatic rings. The molecule has 0 fully saturated rings. The summed E-state index contributed by atoms with van der Waals surface area (Å²) in [4.78, 5) is 11.3. The Balaban J connectivity index is 3.71. The molecule has 3 heteroatoms. The van der Waals surface area contributed by atoms with E-state index in [4.69, 9.17) is 0 Å². The molecule has 11 heavy (non-hydrogen) atoms. The minimum absolute atomic E-state index is 0.0121. The van der Waals surface area contributed by atoms with Crippen molar-refractivity contribution in [3.63, 3.8) is 0 Å². The summed E-state index contributed by atoms with van der Waals surface area (Å²) in [7, 11) is -0.0121. The van der Waals surface area contributed by atoms with Crippen LogP contribution < -0.4 is 5.32 Å². The predicted octanol–water partition coefficient (Wildman–Crippen LogP) is 1.37. The quantitative estimate of drug-likeness (QED) is 0.613. The first-order chi connectivity index (χ1) is 4.84. The van der Waals surface area contributed by atoms with Gasteiger partial charge in [-0.25, -0.2) is 10.9 Å². The first-order valence-corrected chi connectivity index (χ1v) is 6.19. The van der Waals surface area contributed by atoms with Crippen LogP contribution in [0.3, 0.4) is 0 Å². The average molecular weight is 177 g/mol. The zero-order valence-electron chi connectivity index (χ0n) is 8.06. The highest BCUT2D eigenvalue weighted by molar-refractivity contribution is 8.15. The molecular weight excluding hydrogens is 158 g/mol. The summed E-state index contributed by atoms with van der Waals surface area (Å²) >= 11 is 0. The highest BCUT2D eigenvalue weighted by atomic mass is 32.2. The first kappa shape index (κ1) is 10.8. The second-order valence-electron chi connectivity index (χ2n) is 3.99. The standard InChI is InChI=1S/C8H19NOS/c1-8(2,3)7(10)9-6-11(4)5/h11H,6H2,1-5H3,(H,9,10). The van der Waals surface area contributed by atoms with Gasteiger partial charge in [0.2, 0.25) is 5.91 Å². The lowest BCUT2D eigenvalue weighted by atomic mass is 9.96. The van der Waals surface area contributed by atoms with E-state index in [9.17, 15) is 4.79 Å². The number of thiol groups is 1. The van der Waals surface area contributed by atoms with Crippen molar-refractivity contribution in [2.75, 3.05) is 18.4 Å². The Hall–Kier alpha value is -0.180. The van der Waals surface area contributed by atoms with Crippen molar-refractivity contribution in [2.24, 2.45) is 5.41 Å². The molecule has 0 radical (unpaired) electrons. The lowest BCUT2D eigenvalue weighted by Gasteiger charge is -2.19. The Morgan fingerprint density at radius 2 is 1.82 bits per heavy atom. The summed E-state index contributed by atoms with van der Waals surface area (Å²) < 4.78 is 0. The number of hydrogen-bond acceptors (Lipinski definition) is 1. The SMILES string of the molecule is C[SH](C)CNC(=O)C(C)(C)C. The van der Waals surface area contributed by atoms with Gasteiger partial charge in [-0.05, 0) is 12.5 Å². The van der Waals surface area contributed by atoms with Gasteiger partial charge in [-0.2, -0.15) is 0 Å². The van der Waals surface area contributed by atoms with Gasteiger partial charge >= 0.3 is 0 Å². The molecule has 0 unspecified atom stereocenters. The van der Waals surface area contributed by atoms with Crippen molar-refractivity contribution in [1.29, 1.82) is 0 Å². The Labute approximate surface area is 72.1 Å². The van der Waals surface area contributed by atoms with Crippen LogP contribution in [0, 0.1) is 5.41 Å². The molecule has 0 aromatic heterocycles. The summed E-state index contributed by atoms with van der Waals surface area (Å²) in [5, 5.41) is 2.91. The fourth-order valence-electron chi connectivity index (χ4n) is 0.495. The molecule has 0 aliphatic heterocycles. The summed E-state index contributed by atoms with van der Waals surface area (Å²) in [5.41, 5.74) is -0.245. The molecule has 2 nitrogen and oxygen atoms in total. The molecular formula is C8H19NOS. The van der Waals surface area contributed by atoms with Gasteiger partial charge in [-0.3, -0.25) is 4.79 Å². The van der Waals surface area contributed by atoms with Gasteiger partial charge in [-0.1, -0.05) is 20.8 Å².